The number of thiophene rings is 1. The monoisotopic (exact) mass is 302 g/mol. The molecule has 0 saturated carbocycles. The van der Waals surface area contributed by atoms with Crippen molar-refractivity contribution in [3.63, 3.8) is 0 Å². The number of anilines is 1. The lowest BCUT2D eigenvalue weighted by Gasteiger charge is -2.35. The zero-order chi connectivity index (χ0) is 14.7. The molecule has 1 saturated heterocycles. The van der Waals surface area contributed by atoms with Gasteiger partial charge in [-0.15, -0.1) is 11.3 Å². The Morgan fingerprint density at radius 2 is 1.86 bits per heavy atom. The fourth-order valence-corrected chi connectivity index (χ4v) is 3.66. The summed E-state index contributed by atoms with van der Waals surface area (Å²) in [5.74, 6) is 1.01. The molecule has 0 N–H and O–H groups in total. The van der Waals surface area contributed by atoms with Crippen LogP contribution >= 0.6 is 11.3 Å². The van der Waals surface area contributed by atoms with Crippen molar-refractivity contribution in [3.8, 4) is 0 Å². The molecule has 0 aliphatic carbocycles. The molecule has 4 nitrogen and oxygen atoms in total. The van der Waals surface area contributed by atoms with E-state index in [-0.39, 0.29) is 0 Å². The minimum absolute atomic E-state index is 0.987. The van der Waals surface area contributed by atoms with E-state index >= 15 is 0 Å². The predicted octanol–water partition coefficient (Wildman–Crippen LogP) is 2.73. The molecule has 1 aliphatic rings. The highest BCUT2D eigenvalue weighted by atomic mass is 32.1. The van der Waals surface area contributed by atoms with Crippen LogP contribution in [0.25, 0.3) is 0 Å². The first-order chi connectivity index (χ1) is 10.2. The Morgan fingerprint density at radius 1 is 1.10 bits per heavy atom. The normalized spacial score (nSPS) is 16.4. The number of piperazine rings is 1. The molecule has 2 aromatic heterocycles. The van der Waals surface area contributed by atoms with Gasteiger partial charge in [0.1, 0.15) is 5.82 Å². The summed E-state index contributed by atoms with van der Waals surface area (Å²) in [4.78, 5) is 16.6. The van der Waals surface area contributed by atoms with Crippen molar-refractivity contribution < 1.29 is 0 Å². The molecule has 5 heteroatoms. The van der Waals surface area contributed by atoms with Gasteiger partial charge in [-0.05, 0) is 25.5 Å². The molecular formula is C16H22N4S. The van der Waals surface area contributed by atoms with Crippen LogP contribution in [0.5, 0.6) is 0 Å². The minimum Gasteiger partial charge on any atom is -0.353 e. The Bertz CT molecular complexity index is 587. The first-order valence-corrected chi connectivity index (χ1v) is 8.40. The Balaban J connectivity index is 1.55. The van der Waals surface area contributed by atoms with Crippen LogP contribution in [0.1, 0.15) is 22.4 Å². The van der Waals surface area contributed by atoms with Crippen molar-refractivity contribution in [2.45, 2.75) is 26.8 Å². The average molecular weight is 302 g/mol. The van der Waals surface area contributed by atoms with E-state index in [1.165, 1.54) is 9.75 Å². The van der Waals surface area contributed by atoms with E-state index in [4.69, 9.17) is 0 Å². The van der Waals surface area contributed by atoms with Crippen molar-refractivity contribution in [2.24, 2.45) is 0 Å². The molecule has 3 heterocycles. The molecule has 0 atom stereocenters. The summed E-state index contributed by atoms with van der Waals surface area (Å²) in [6.45, 7) is 9.54. The van der Waals surface area contributed by atoms with Gasteiger partial charge in [0, 0.05) is 48.7 Å². The summed E-state index contributed by atoms with van der Waals surface area (Å²) in [6.07, 6.45) is 4.82. The second-order valence-corrected chi connectivity index (χ2v) is 6.76. The largest absolute Gasteiger partial charge is 0.353 e. The highest BCUT2D eigenvalue weighted by Gasteiger charge is 2.18. The van der Waals surface area contributed by atoms with E-state index < -0.39 is 0 Å². The van der Waals surface area contributed by atoms with Gasteiger partial charge in [-0.3, -0.25) is 9.88 Å². The van der Waals surface area contributed by atoms with Gasteiger partial charge in [0.15, 0.2) is 0 Å². The lowest BCUT2D eigenvalue weighted by atomic mass is 10.3. The molecular weight excluding hydrogens is 280 g/mol. The van der Waals surface area contributed by atoms with Gasteiger partial charge in [-0.2, -0.15) is 0 Å². The van der Waals surface area contributed by atoms with Crippen LogP contribution in [0.4, 0.5) is 5.82 Å². The quantitative estimate of drug-likeness (QED) is 0.869. The summed E-state index contributed by atoms with van der Waals surface area (Å²) in [5.41, 5.74) is 0.987. The summed E-state index contributed by atoms with van der Waals surface area (Å²) >= 11 is 1.95. The van der Waals surface area contributed by atoms with Crippen LogP contribution in [-0.4, -0.2) is 41.0 Å². The Labute approximate surface area is 130 Å². The van der Waals surface area contributed by atoms with Crippen LogP contribution in [0, 0.1) is 6.92 Å². The molecule has 0 unspecified atom stereocenters. The molecule has 0 spiro atoms. The zero-order valence-electron chi connectivity index (χ0n) is 12.7. The summed E-state index contributed by atoms with van der Waals surface area (Å²) in [7, 11) is 0. The Kier molecular flexibility index (Phi) is 4.51. The topological polar surface area (TPSA) is 32.3 Å². The molecule has 1 aliphatic heterocycles. The number of aromatic nitrogens is 2. The second kappa shape index (κ2) is 6.54. The number of rotatable bonds is 4. The lowest BCUT2D eigenvalue weighted by Crippen LogP contribution is -2.46. The van der Waals surface area contributed by atoms with Crippen LogP contribution in [0.15, 0.2) is 24.5 Å². The average Bonchev–Trinajstić information content (AvgIpc) is 2.96. The van der Waals surface area contributed by atoms with E-state index in [0.717, 1.165) is 50.7 Å². The van der Waals surface area contributed by atoms with Crippen LogP contribution in [0.3, 0.4) is 0 Å². The van der Waals surface area contributed by atoms with Gasteiger partial charge in [-0.1, -0.05) is 6.92 Å². The van der Waals surface area contributed by atoms with Gasteiger partial charge in [0.2, 0.25) is 0 Å². The first kappa shape index (κ1) is 14.5. The van der Waals surface area contributed by atoms with E-state index in [1.807, 2.05) is 30.7 Å². The van der Waals surface area contributed by atoms with Crippen LogP contribution in [0.2, 0.25) is 0 Å². The van der Waals surface area contributed by atoms with Crippen molar-refractivity contribution in [1.82, 2.24) is 14.9 Å². The predicted molar refractivity (Wildman–Crippen MR) is 88.0 cm³/mol. The van der Waals surface area contributed by atoms with Gasteiger partial charge in [0.25, 0.3) is 0 Å². The molecule has 1 fully saturated rings. The standard InChI is InChI=1S/C16H22N4S/c1-3-14-4-5-15(21-14)12-19-6-8-20(9-7-19)16-11-17-10-13(2)18-16/h4-5,10-11H,3,6-9,12H2,1-2H3. The van der Waals surface area contributed by atoms with Crippen molar-refractivity contribution in [2.75, 3.05) is 31.1 Å². The second-order valence-electron chi connectivity index (χ2n) is 5.50. The molecule has 3 rings (SSSR count). The van der Waals surface area contributed by atoms with E-state index in [0.29, 0.717) is 0 Å². The molecule has 21 heavy (non-hydrogen) atoms. The van der Waals surface area contributed by atoms with Gasteiger partial charge in [0.05, 0.1) is 11.9 Å². The fourth-order valence-electron chi connectivity index (χ4n) is 2.66. The van der Waals surface area contributed by atoms with Crippen molar-refractivity contribution >= 4 is 17.2 Å². The zero-order valence-corrected chi connectivity index (χ0v) is 13.6. The van der Waals surface area contributed by atoms with E-state index in [9.17, 15) is 0 Å². The van der Waals surface area contributed by atoms with Gasteiger partial charge < -0.3 is 4.90 Å². The Hall–Kier alpha value is -1.46. The summed E-state index contributed by atoms with van der Waals surface area (Å²) in [6, 6.07) is 4.54. The SMILES string of the molecule is CCc1ccc(CN2CCN(c3cncc(C)n3)CC2)s1. The smallest absolute Gasteiger partial charge is 0.147 e. The van der Waals surface area contributed by atoms with Crippen molar-refractivity contribution in [3.05, 3.63) is 40.0 Å². The minimum atomic E-state index is 0.987. The Morgan fingerprint density at radius 3 is 2.52 bits per heavy atom. The highest BCUT2D eigenvalue weighted by Crippen LogP contribution is 2.20. The summed E-state index contributed by atoms with van der Waals surface area (Å²) in [5, 5.41) is 0. The molecule has 0 bridgehead atoms. The molecule has 112 valence electrons. The maximum atomic E-state index is 4.57. The van der Waals surface area contributed by atoms with Gasteiger partial charge >= 0.3 is 0 Å². The number of hydrogen-bond donors (Lipinski definition) is 0. The van der Waals surface area contributed by atoms with Crippen molar-refractivity contribution in [1.29, 1.82) is 0 Å². The maximum absolute atomic E-state index is 4.57. The number of hydrogen-bond acceptors (Lipinski definition) is 5. The molecule has 2 aromatic rings. The number of aryl methyl sites for hydroxylation is 2. The lowest BCUT2D eigenvalue weighted by molar-refractivity contribution is 0.251. The third-order valence-electron chi connectivity index (χ3n) is 3.88. The van der Waals surface area contributed by atoms with Crippen LogP contribution in [-0.2, 0) is 13.0 Å². The molecule has 0 aromatic carbocycles. The molecule has 0 amide bonds. The maximum Gasteiger partial charge on any atom is 0.147 e. The first-order valence-electron chi connectivity index (χ1n) is 7.58. The summed E-state index contributed by atoms with van der Waals surface area (Å²) < 4.78 is 0. The van der Waals surface area contributed by atoms with E-state index in [1.54, 1.807) is 0 Å². The van der Waals surface area contributed by atoms with E-state index in [2.05, 4.69) is 38.8 Å². The third-order valence-corrected chi connectivity index (χ3v) is 5.10. The highest BCUT2D eigenvalue weighted by molar-refractivity contribution is 7.11. The molecule has 0 radical (unpaired) electrons. The van der Waals surface area contributed by atoms with Gasteiger partial charge in [-0.25, -0.2) is 4.98 Å². The van der Waals surface area contributed by atoms with Crippen LogP contribution < -0.4 is 4.90 Å². The third kappa shape index (κ3) is 3.60. The fraction of sp³-hybridized carbons (Fsp3) is 0.500. The number of nitrogens with zero attached hydrogens (tertiary/aromatic N) is 4.